The van der Waals surface area contributed by atoms with E-state index in [9.17, 15) is 9.50 Å². The number of aromatic nitrogens is 3. The van der Waals surface area contributed by atoms with Crippen molar-refractivity contribution in [1.82, 2.24) is 15.0 Å². The molecule has 1 unspecified atom stereocenters. The van der Waals surface area contributed by atoms with Crippen molar-refractivity contribution in [2.24, 2.45) is 0 Å². The lowest BCUT2D eigenvalue weighted by atomic mass is 9.90. The van der Waals surface area contributed by atoms with Gasteiger partial charge in [-0.15, -0.1) is 5.10 Å². The predicted molar refractivity (Wildman–Crippen MR) is 82.5 cm³/mol. The maximum atomic E-state index is 13.2. The molecule has 1 N–H and O–H groups in total. The van der Waals surface area contributed by atoms with Crippen LogP contribution in [0.2, 0.25) is 0 Å². The van der Waals surface area contributed by atoms with E-state index in [1.807, 2.05) is 6.07 Å². The van der Waals surface area contributed by atoms with Gasteiger partial charge in [0.1, 0.15) is 11.5 Å². The third-order valence-corrected chi connectivity index (χ3v) is 4.71. The summed E-state index contributed by atoms with van der Waals surface area (Å²) in [5, 5.41) is 19.1. The van der Waals surface area contributed by atoms with E-state index in [1.165, 1.54) is 6.07 Å². The highest BCUT2D eigenvalue weighted by Gasteiger charge is 2.51. The van der Waals surface area contributed by atoms with Gasteiger partial charge in [-0.05, 0) is 43.4 Å². The van der Waals surface area contributed by atoms with Gasteiger partial charge in [-0.1, -0.05) is 17.3 Å². The summed E-state index contributed by atoms with van der Waals surface area (Å²) in [5.74, 6) is -0.218. The molecule has 2 aliphatic heterocycles. The molecule has 2 bridgehead atoms. The van der Waals surface area contributed by atoms with Gasteiger partial charge in [-0.3, -0.25) is 4.68 Å². The van der Waals surface area contributed by atoms with E-state index in [0.717, 1.165) is 24.8 Å². The topological polar surface area (TPSA) is 69.4 Å². The Morgan fingerprint density at radius 3 is 3.21 bits per heavy atom. The number of fused-ring (bicyclic) bond motifs is 2. The average Bonchev–Trinajstić information content (AvgIpc) is 3.20. The molecule has 0 saturated carbocycles. The van der Waals surface area contributed by atoms with Gasteiger partial charge >= 0.3 is 0 Å². The van der Waals surface area contributed by atoms with E-state index >= 15 is 0 Å². The third kappa shape index (κ3) is 2.94. The smallest absolute Gasteiger partial charge is 0.192 e. The minimum absolute atomic E-state index is 0.0802. The molecule has 2 aromatic rings. The number of aliphatic hydroxyl groups is 1. The van der Waals surface area contributed by atoms with Crippen LogP contribution < -0.4 is 0 Å². The minimum Gasteiger partial charge on any atom is -0.378 e. The van der Waals surface area contributed by atoms with Crippen molar-refractivity contribution in [2.75, 3.05) is 6.61 Å². The van der Waals surface area contributed by atoms with Crippen molar-refractivity contribution < 1.29 is 19.0 Å². The summed E-state index contributed by atoms with van der Waals surface area (Å²) in [7, 11) is 0. The Balaban J connectivity index is 1.38. The lowest BCUT2D eigenvalue weighted by Gasteiger charge is -2.34. The van der Waals surface area contributed by atoms with Gasteiger partial charge < -0.3 is 14.6 Å². The Morgan fingerprint density at radius 2 is 2.33 bits per heavy atom. The zero-order valence-corrected chi connectivity index (χ0v) is 13.3. The van der Waals surface area contributed by atoms with Crippen molar-refractivity contribution >= 4 is 0 Å². The van der Waals surface area contributed by atoms with Crippen molar-refractivity contribution in [1.29, 1.82) is 0 Å². The number of hydrogen-bond acceptors (Lipinski definition) is 5. The number of rotatable bonds is 5. The first kappa shape index (κ1) is 15.7. The van der Waals surface area contributed by atoms with E-state index in [-0.39, 0.29) is 11.9 Å². The van der Waals surface area contributed by atoms with Crippen LogP contribution in [0.25, 0.3) is 0 Å². The highest BCUT2D eigenvalue weighted by molar-refractivity contribution is 5.16. The molecule has 1 aromatic carbocycles. The van der Waals surface area contributed by atoms with Crippen LogP contribution >= 0.6 is 0 Å². The van der Waals surface area contributed by atoms with Crippen LogP contribution in [-0.4, -0.2) is 39.1 Å². The molecule has 7 heteroatoms. The molecule has 24 heavy (non-hydrogen) atoms. The molecule has 3 atom stereocenters. The molecule has 2 saturated heterocycles. The zero-order valence-electron chi connectivity index (χ0n) is 13.3. The Morgan fingerprint density at radius 1 is 1.42 bits per heavy atom. The highest BCUT2D eigenvalue weighted by atomic mass is 19.1. The quantitative estimate of drug-likeness (QED) is 0.903. The summed E-state index contributed by atoms with van der Waals surface area (Å²) in [6, 6.07) is 6.61. The van der Waals surface area contributed by atoms with E-state index in [4.69, 9.17) is 9.47 Å². The highest BCUT2D eigenvalue weighted by Crippen LogP contribution is 2.40. The van der Waals surface area contributed by atoms with E-state index < -0.39 is 11.9 Å². The van der Waals surface area contributed by atoms with Crippen LogP contribution in [0.3, 0.4) is 0 Å². The number of aryl methyl sites for hydroxylation is 2. The van der Waals surface area contributed by atoms with Gasteiger partial charge in [-0.25, -0.2) is 4.39 Å². The summed E-state index contributed by atoms with van der Waals surface area (Å²) in [6.07, 6.45) is 4.04. The standard InChI is InChI=1S/C17H20FN3O3/c18-13-5-1-3-12(9-13)4-2-8-21-10-15(19-20-21)17(22)7-6-14-11-23-16(17)24-14/h1,3,5,9-10,14,16,22H,2,4,6-8,11H2/t14-,16+,17?/m0/s1. The second-order valence-corrected chi connectivity index (χ2v) is 6.49. The van der Waals surface area contributed by atoms with Gasteiger partial charge in [0, 0.05) is 6.54 Å². The first-order chi connectivity index (χ1) is 11.6. The molecule has 4 rings (SSSR count). The van der Waals surface area contributed by atoms with Gasteiger partial charge in [-0.2, -0.15) is 0 Å². The first-order valence-electron chi connectivity index (χ1n) is 8.28. The molecule has 0 aliphatic carbocycles. The van der Waals surface area contributed by atoms with Crippen molar-refractivity contribution in [3.63, 3.8) is 0 Å². The summed E-state index contributed by atoms with van der Waals surface area (Å²) in [5.41, 5.74) is 0.215. The number of ether oxygens (including phenoxy) is 2. The van der Waals surface area contributed by atoms with Crippen LogP contribution in [0.1, 0.15) is 30.5 Å². The van der Waals surface area contributed by atoms with E-state index in [0.29, 0.717) is 25.3 Å². The molecule has 1 aromatic heterocycles. The Kier molecular flexibility index (Phi) is 4.07. The molecular formula is C17H20FN3O3. The second-order valence-electron chi connectivity index (χ2n) is 6.49. The molecule has 2 aliphatic rings. The molecule has 128 valence electrons. The zero-order chi connectivity index (χ0) is 16.6. The van der Waals surface area contributed by atoms with Crippen molar-refractivity contribution in [3.05, 3.63) is 47.5 Å². The van der Waals surface area contributed by atoms with Gasteiger partial charge in [0.05, 0.1) is 18.9 Å². The van der Waals surface area contributed by atoms with E-state index in [1.54, 1.807) is 23.0 Å². The monoisotopic (exact) mass is 333 g/mol. The molecule has 0 spiro atoms. The lowest BCUT2D eigenvalue weighted by Crippen LogP contribution is -2.44. The SMILES string of the molecule is OC1(c2cn(CCCc3cccc(F)c3)nn2)CC[C@H]2CO[C@@H]1O2. The summed E-state index contributed by atoms with van der Waals surface area (Å²) in [6.45, 7) is 1.17. The normalized spacial score (nSPS) is 29.1. The van der Waals surface area contributed by atoms with Crippen LogP contribution in [0.15, 0.2) is 30.5 Å². The fourth-order valence-corrected chi connectivity index (χ4v) is 3.34. The van der Waals surface area contributed by atoms with Crippen molar-refractivity contribution in [2.45, 2.75) is 50.2 Å². The number of benzene rings is 1. The minimum atomic E-state index is -1.23. The number of halogens is 1. The lowest BCUT2D eigenvalue weighted by molar-refractivity contribution is -0.219. The molecule has 0 radical (unpaired) electrons. The van der Waals surface area contributed by atoms with Gasteiger partial charge in [0.15, 0.2) is 11.9 Å². The molecule has 2 fully saturated rings. The maximum absolute atomic E-state index is 13.2. The second kappa shape index (κ2) is 6.23. The average molecular weight is 333 g/mol. The Hall–Kier alpha value is -1.83. The fraction of sp³-hybridized carbons (Fsp3) is 0.529. The fourth-order valence-electron chi connectivity index (χ4n) is 3.34. The van der Waals surface area contributed by atoms with Crippen LogP contribution in [0, 0.1) is 5.82 Å². The Labute approximate surface area is 139 Å². The molecular weight excluding hydrogens is 313 g/mol. The first-order valence-corrected chi connectivity index (χ1v) is 8.28. The molecule has 6 nitrogen and oxygen atoms in total. The maximum Gasteiger partial charge on any atom is 0.192 e. The third-order valence-electron chi connectivity index (χ3n) is 4.71. The van der Waals surface area contributed by atoms with E-state index in [2.05, 4.69) is 10.3 Å². The van der Waals surface area contributed by atoms with Crippen molar-refractivity contribution in [3.8, 4) is 0 Å². The largest absolute Gasteiger partial charge is 0.378 e. The number of nitrogens with zero attached hydrogens (tertiary/aromatic N) is 3. The van der Waals surface area contributed by atoms with Gasteiger partial charge in [0.25, 0.3) is 0 Å². The van der Waals surface area contributed by atoms with Crippen LogP contribution in [0.4, 0.5) is 4.39 Å². The summed E-state index contributed by atoms with van der Waals surface area (Å²) in [4.78, 5) is 0. The summed E-state index contributed by atoms with van der Waals surface area (Å²) < 4.78 is 26.0. The predicted octanol–water partition coefficient (Wildman–Crippen LogP) is 1.77. The Bertz CT molecular complexity index is 723. The van der Waals surface area contributed by atoms with Crippen LogP contribution in [0.5, 0.6) is 0 Å². The summed E-state index contributed by atoms with van der Waals surface area (Å²) >= 11 is 0. The van der Waals surface area contributed by atoms with Gasteiger partial charge in [0.2, 0.25) is 0 Å². The number of hydrogen-bond donors (Lipinski definition) is 1. The van der Waals surface area contributed by atoms with Crippen LogP contribution in [-0.2, 0) is 28.0 Å². The molecule has 0 amide bonds. The molecule has 3 heterocycles.